The highest BCUT2D eigenvalue weighted by Gasteiger charge is 2.22. The van der Waals surface area contributed by atoms with Gasteiger partial charge in [-0.15, -0.1) is 11.3 Å². The molecule has 0 aliphatic rings. The summed E-state index contributed by atoms with van der Waals surface area (Å²) in [6, 6.07) is 51.6. The molecular weight excluding hydrogens is 789 g/mol. The summed E-state index contributed by atoms with van der Waals surface area (Å²) in [5, 5.41) is 4.24. The molecule has 0 aliphatic carbocycles. The molecule has 0 atom stereocenters. The van der Waals surface area contributed by atoms with Crippen molar-refractivity contribution in [2.45, 2.75) is 0 Å². The van der Waals surface area contributed by atoms with Gasteiger partial charge in [-0.2, -0.15) is 0 Å². The van der Waals surface area contributed by atoms with Crippen LogP contribution in [-0.4, -0.2) is 19.5 Å². The molecule has 13 aromatic rings. The first-order valence-electron chi connectivity index (χ1n) is 24.0. The first-order valence-corrected chi connectivity index (χ1v) is 21.3. The van der Waals surface area contributed by atoms with Crippen LogP contribution in [0, 0.1) is 0 Å². The molecule has 0 aliphatic heterocycles. The Balaban J connectivity index is 1.05. The molecular formula is C57H34N4OS. The highest BCUT2D eigenvalue weighted by Crippen LogP contribution is 2.43. The Labute approximate surface area is 375 Å². The Hall–Kier alpha value is -8.19. The van der Waals surface area contributed by atoms with Crippen molar-refractivity contribution in [3.63, 3.8) is 0 Å². The summed E-state index contributed by atoms with van der Waals surface area (Å²) in [6.07, 6.45) is 0. The molecule has 5 nitrogen and oxygen atoms in total. The molecule has 4 heterocycles. The van der Waals surface area contributed by atoms with E-state index in [-0.39, 0.29) is 57.8 Å². The van der Waals surface area contributed by atoms with E-state index in [9.17, 15) is 2.74 Å². The minimum atomic E-state index is -0.470. The Morgan fingerprint density at radius 2 is 1.10 bits per heavy atom. The Kier molecular flexibility index (Phi) is 6.57. The van der Waals surface area contributed by atoms with Gasteiger partial charge in [0.25, 0.3) is 0 Å². The van der Waals surface area contributed by atoms with E-state index in [1.54, 1.807) is 28.0 Å². The highest BCUT2D eigenvalue weighted by molar-refractivity contribution is 7.26. The van der Waals surface area contributed by atoms with E-state index in [0.29, 0.717) is 34.0 Å². The number of benzene rings is 9. The number of rotatable bonds is 6. The second-order valence-electron chi connectivity index (χ2n) is 15.4. The van der Waals surface area contributed by atoms with E-state index in [1.807, 2.05) is 72.8 Å². The summed E-state index contributed by atoms with van der Waals surface area (Å²) in [4.78, 5) is 15.7. The number of hydrogen-bond acceptors (Lipinski definition) is 5. The fourth-order valence-corrected chi connectivity index (χ4v) is 10.2. The predicted octanol–water partition coefficient (Wildman–Crippen LogP) is 15.6. The molecule has 294 valence electrons. The second-order valence-corrected chi connectivity index (χ2v) is 16.4. The lowest BCUT2D eigenvalue weighted by molar-refractivity contribution is 0.669. The molecule has 0 unspecified atom stereocenters. The third-order valence-electron chi connectivity index (χ3n) is 11.8. The Morgan fingerprint density at radius 1 is 0.429 bits per heavy atom. The third-order valence-corrected chi connectivity index (χ3v) is 13.0. The van der Waals surface area contributed by atoms with E-state index in [1.165, 1.54) is 21.5 Å². The van der Waals surface area contributed by atoms with Crippen LogP contribution in [0.5, 0.6) is 0 Å². The number of para-hydroxylation sites is 4. The summed E-state index contributed by atoms with van der Waals surface area (Å²) in [7, 11) is 0. The molecule has 0 bridgehead atoms. The Bertz CT molecular complexity index is 4360. The lowest BCUT2D eigenvalue weighted by Crippen LogP contribution is -2.03. The molecule has 0 spiro atoms. The van der Waals surface area contributed by atoms with Gasteiger partial charge in [0.2, 0.25) is 0 Å². The third kappa shape index (κ3) is 5.73. The van der Waals surface area contributed by atoms with Gasteiger partial charge in [-0.25, -0.2) is 15.0 Å². The fraction of sp³-hybridized carbons (Fsp3) is 0. The van der Waals surface area contributed by atoms with Gasteiger partial charge < -0.3 is 8.98 Å². The highest BCUT2D eigenvalue weighted by atomic mass is 32.1. The molecule has 13 rings (SSSR count). The van der Waals surface area contributed by atoms with Gasteiger partial charge in [0.1, 0.15) is 11.2 Å². The van der Waals surface area contributed by atoms with Gasteiger partial charge >= 0.3 is 0 Å². The van der Waals surface area contributed by atoms with E-state index in [2.05, 4.69) is 72.8 Å². The number of nitrogens with zero attached hydrogens (tertiary/aromatic N) is 4. The molecule has 6 heteroatoms. The van der Waals surface area contributed by atoms with Gasteiger partial charge in [-0.3, -0.25) is 0 Å². The van der Waals surface area contributed by atoms with Crippen molar-refractivity contribution in [2.24, 2.45) is 0 Å². The summed E-state index contributed by atoms with van der Waals surface area (Å²) in [5.74, 6) is 1.02. The normalized spacial score (nSPS) is 13.4. The van der Waals surface area contributed by atoms with Crippen molar-refractivity contribution in [3.8, 4) is 62.1 Å². The average Bonchev–Trinajstić information content (AvgIpc) is 4.09. The SMILES string of the molecule is [2H]c1cc([2H])c2c(c1[2H])c1c([2H])c([2H])c([2H])c([2H])c1n2-c1ccccc1-c1nc(-c2cccc(-c3cccc4c3sc3ccc(-c5ccccc5)cc34)c2)nc(-c2cccc3oc4ccccc4c23)n1. The standard InChI is InChI=1S/C57H34N4OS/c1-2-15-35(16-3-1)36-31-32-52-46(34-36)42-24-13-23-39(54(42)63-52)37-17-12-18-38(33-37)55-58-56(60-57(59-55)45-25-14-30-51-53(45)44-22-7-11-29-50(44)62-51)43-21-6-10-28-49(43)61-47-26-8-4-19-40(47)41-20-5-9-27-48(41)61/h1-34H/i4D,5D,8D,19D,20D,26D,27D. The largest absolute Gasteiger partial charge is 0.456 e. The summed E-state index contributed by atoms with van der Waals surface area (Å²) >= 11 is 1.76. The monoisotopic (exact) mass is 829 g/mol. The van der Waals surface area contributed by atoms with E-state index >= 15 is 0 Å². The molecule has 0 fully saturated rings. The number of aromatic nitrogens is 4. The van der Waals surface area contributed by atoms with Crippen molar-refractivity contribution in [3.05, 3.63) is 206 Å². The maximum absolute atomic E-state index is 9.23. The minimum Gasteiger partial charge on any atom is -0.456 e. The molecule has 0 N–H and O–H groups in total. The number of thiophene rings is 1. The van der Waals surface area contributed by atoms with Gasteiger partial charge in [-0.05, 0) is 76.8 Å². The predicted molar refractivity (Wildman–Crippen MR) is 262 cm³/mol. The molecule has 9 aromatic carbocycles. The van der Waals surface area contributed by atoms with Crippen molar-refractivity contribution < 1.29 is 14.0 Å². The average molecular weight is 830 g/mol. The van der Waals surface area contributed by atoms with Crippen LogP contribution in [0.4, 0.5) is 0 Å². The molecule has 63 heavy (non-hydrogen) atoms. The van der Waals surface area contributed by atoms with Gasteiger partial charge in [0.05, 0.1) is 26.3 Å². The molecule has 0 saturated heterocycles. The van der Waals surface area contributed by atoms with Crippen molar-refractivity contribution in [2.75, 3.05) is 0 Å². The van der Waals surface area contributed by atoms with Crippen LogP contribution >= 0.6 is 11.3 Å². The topological polar surface area (TPSA) is 56.7 Å². The number of furan rings is 1. The summed E-state index contributed by atoms with van der Waals surface area (Å²) in [6.45, 7) is 0. The zero-order chi connectivity index (χ0) is 47.5. The quantitative estimate of drug-likeness (QED) is 0.167. The summed E-state index contributed by atoms with van der Waals surface area (Å²) < 4.78 is 72.7. The molecule has 4 aromatic heterocycles. The first-order chi connectivity index (χ1) is 34.1. The second kappa shape index (κ2) is 14.2. The molecule has 0 saturated carbocycles. The number of fused-ring (bicyclic) bond motifs is 9. The maximum Gasteiger partial charge on any atom is 0.166 e. The lowest BCUT2D eigenvalue weighted by atomic mass is 9.99. The zero-order valence-corrected chi connectivity index (χ0v) is 34.0. The Morgan fingerprint density at radius 3 is 2.03 bits per heavy atom. The van der Waals surface area contributed by atoms with Crippen LogP contribution in [0.1, 0.15) is 9.60 Å². The van der Waals surface area contributed by atoms with E-state index < -0.39 is 12.1 Å². The molecule has 0 radical (unpaired) electrons. The van der Waals surface area contributed by atoms with Crippen molar-refractivity contribution in [1.82, 2.24) is 19.5 Å². The van der Waals surface area contributed by atoms with Crippen LogP contribution in [0.15, 0.2) is 211 Å². The van der Waals surface area contributed by atoms with Crippen molar-refractivity contribution >= 4 is 75.3 Å². The lowest BCUT2D eigenvalue weighted by Gasteiger charge is -2.15. The van der Waals surface area contributed by atoms with Crippen molar-refractivity contribution in [1.29, 1.82) is 0 Å². The van der Waals surface area contributed by atoms with Gasteiger partial charge in [0, 0.05) is 58.4 Å². The fourth-order valence-electron chi connectivity index (χ4n) is 8.93. The minimum absolute atomic E-state index is 0.0565. The van der Waals surface area contributed by atoms with E-state index in [0.717, 1.165) is 48.9 Å². The van der Waals surface area contributed by atoms with E-state index in [4.69, 9.17) is 26.2 Å². The number of hydrogen-bond donors (Lipinski definition) is 0. The van der Waals surface area contributed by atoms with Gasteiger partial charge in [-0.1, -0.05) is 152 Å². The van der Waals surface area contributed by atoms with Crippen LogP contribution in [0.25, 0.3) is 126 Å². The maximum atomic E-state index is 9.23. The van der Waals surface area contributed by atoms with Crippen LogP contribution in [-0.2, 0) is 0 Å². The van der Waals surface area contributed by atoms with Crippen LogP contribution in [0.2, 0.25) is 0 Å². The molecule has 0 amide bonds. The zero-order valence-electron chi connectivity index (χ0n) is 40.2. The summed E-state index contributed by atoms with van der Waals surface area (Å²) in [5.41, 5.74) is 8.33. The van der Waals surface area contributed by atoms with Crippen LogP contribution in [0.3, 0.4) is 0 Å². The van der Waals surface area contributed by atoms with Crippen LogP contribution < -0.4 is 0 Å². The van der Waals surface area contributed by atoms with Gasteiger partial charge in [0.15, 0.2) is 17.5 Å². The smallest absolute Gasteiger partial charge is 0.166 e. The first kappa shape index (κ1) is 29.1.